The van der Waals surface area contributed by atoms with Gasteiger partial charge in [0, 0.05) is 56.7 Å². The lowest BCUT2D eigenvalue weighted by Crippen LogP contribution is -2.41. The zero-order valence-electron chi connectivity index (χ0n) is 18.5. The molecule has 1 aliphatic rings. The van der Waals surface area contributed by atoms with Crippen molar-refractivity contribution < 1.29 is 13.9 Å². The molecule has 0 spiro atoms. The number of carbonyl (C=O) groups excluding carboxylic acids is 1. The van der Waals surface area contributed by atoms with Gasteiger partial charge in [-0.3, -0.25) is 19.6 Å². The van der Waals surface area contributed by atoms with Gasteiger partial charge in [0.1, 0.15) is 6.26 Å². The molecule has 33 heavy (non-hydrogen) atoms. The van der Waals surface area contributed by atoms with Crippen LogP contribution in [0.4, 0.5) is 0 Å². The van der Waals surface area contributed by atoms with Gasteiger partial charge in [0.15, 0.2) is 5.69 Å². The van der Waals surface area contributed by atoms with Crippen molar-refractivity contribution in [2.45, 2.75) is 19.6 Å². The Morgan fingerprint density at radius 1 is 1.15 bits per heavy atom. The number of aromatic nitrogens is 2. The van der Waals surface area contributed by atoms with Crippen molar-refractivity contribution >= 4 is 17.5 Å². The molecule has 0 bridgehead atoms. The van der Waals surface area contributed by atoms with Crippen molar-refractivity contribution in [2.24, 2.45) is 0 Å². The second-order valence-electron chi connectivity index (χ2n) is 7.97. The van der Waals surface area contributed by atoms with Crippen LogP contribution in [0.15, 0.2) is 59.5 Å². The van der Waals surface area contributed by atoms with Crippen molar-refractivity contribution in [1.29, 1.82) is 0 Å². The average Bonchev–Trinajstić information content (AvgIpc) is 3.31. The van der Waals surface area contributed by atoms with E-state index in [0.717, 1.165) is 50.5 Å². The van der Waals surface area contributed by atoms with Gasteiger partial charge >= 0.3 is 0 Å². The summed E-state index contributed by atoms with van der Waals surface area (Å²) in [6.45, 7) is 6.74. The fourth-order valence-corrected chi connectivity index (χ4v) is 3.88. The Morgan fingerprint density at radius 2 is 2.00 bits per heavy atom. The summed E-state index contributed by atoms with van der Waals surface area (Å²) < 4.78 is 11.1. The summed E-state index contributed by atoms with van der Waals surface area (Å²) in [5, 5.41) is 3.56. The maximum absolute atomic E-state index is 12.5. The second-order valence-corrected chi connectivity index (χ2v) is 8.40. The normalized spacial score (nSPS) is 14.5. The van der Waals surface area contributed by atoms with Crippen LogP contribution < -0.4 is 5.32 Å². The zero-order valence-corrected chi connectivity index (χ0v) is 19.2. The molecule has 0 aliphatic carbocycles. The number of carbonyl (C=O) groups is 1. The van der Waals surface area contributed by atoms with Crippen LogP contribution in [0.3, 0.4) is 0 Å². The minimum atomic E-state index is -0.274. The molecule has 3 aromatic rings. The number of halogens is 1. The number of benzene rings is 1. The quantitative estimate of drug-likeness (QED) is 0.488. The van der Waals surface area contributed by atoms with Crippen LogP contribution >= 0.6 is 11.6 Å². The fraction of sp³-hybridized carbons (Fsp3) is 0.375. The van der Waals surface area contributed by atoms with Crippen LogP contribution in [0.2, 0.25) is 5.02 Å². The lowest BCUT2D eigenvalue weighted by atomic mass is 10.2. The molecule has 1 aliphatic heterocycles. The summed E-state index contributed by atoms with van der Waals surface area (Å²) >= 11 is 6.18. The van der Waals surface area contributed by atoms with Crippen molar-refractivity contribution in [3.63, 3.8) is 0 Å². The standard InChI is InChI=1S/C24H28ClN5O3/c25-21-5-1-3-19(13-21)16-30(8-7-29-9-11-32-12-10-29)17-23-28-22(18-33-23)24(31)27-15-20-4-2-6-26-14-20/h1-6,13-14,18H,7-12,15-17H2,(H,27,31). The van der Waals surface area contributed by atoms with Gasteiger partial charge in [-0.15, -0.1) is 0 Å². The van der Waals surface area contributed by atoms with E-state index in [0.29, 0.717) is 30.5 Å². The van der Waals surface area contributed by atoms with Gasteiger partial charge in [-0.2, -0.15) is 0 Å². The average molecular weight is 470 g/mol. The summed E-state index contributed by atoms with van der Waals surface area (Å²) in [5.41, 5.74) is 2.31. The Labute approximate surface area is 198 Å². The first-order valence-corrected chi connectivity index (χ1v) is 11.4. The number of rotatable bonds is 10. The summed E-state index contributed by atoms with van der Waals surface area (Å²) in [5.74, 6) is 0.231. The fourth-order valence-electron chi connectivity index (χ4n) is 3.67. The number of oxazole rings is 1. The van der Waals surface area contributed by atoms with Crippen LogP contribution in [0.5, 0.6) is 0 Å². The van der Waals surface area contributed by atoms with Gasteiger partial charge in [-0.25, -0.2) is 4.98 Å². The molecule has 1 aromatic carbocycles. The summed E-state index contributed by atoms with van der Waals surface area (Å²) in [6, 6.07) is 11.6. The highest BCUT2D eigenvalue weighted by Gasteiger charge is 2.17. The van der Waals surface area contributed by atoms with E-state index < -0.39 is 0 Å². The zero-order chi connectivity index (χ0) is 22.9. The van der Waals surface area contributed by atoms with Crippen LogP contribution in [0.25, 0.3) is 0 Å². The first-order chi connectivity index (χ1) is 16.2. The van der Waals surface area contributed by atoms with Gasteiger partial charge < -0.3 is 14.5 Å². The highest BCUT2D eigenvalue weighted by molar-refractivity contribution is 6.30. The van der Waals surface area contributed by atoms with Crippen LogP contribution in [0.1, 0.15) is 27.5 Å². The third-order valence-electron chi connectivity index (χ3n) is 5.45. The Morgan fingerprint density at radius 3 is 2.79 bits per heavy atom. The van der Waals surface area contributed by atoms with Gasteiger partial charge in [-0.1, -0.05) is 29.8 Å². The molecule has 0 unspecified atom stereocenters. The lowest BCUT2D eigenvalue weighted by molar-refractivity contribution is 0.0320. The van der Waals surface area contributed by atoms with Gasteiger partial charge in [0.2, 0.25) is 5.89 Å². The van der Waals surface area contributed by atoms with E-state index >= 15 is 0 Å². The first-order valence-electron chi connectivity index (χ1n) is 11.0. The highest BCUT2D eigenvalue weighted by atomic mass is 35.5. The summed E-state index contributed by atoms with van der Waals surface area (Å²) in [7, 11) is 0. The molecule has 0 saturated carbocycles. The minimum absolute atomic E-state index is 0.268. The van der Waals surface area contributed by atoms with E-state index in [2.05, 4.69) is 31.2 Å². The van der Waals surface area contributed by atoms with Crippen LogP contribution in [-0.4, -0.2) is 65.1 Å². The number of nitrogens with zero attached hydrogens (tertiary/aromatic N) is 4. The molecule has 9 heteroatoms. The Kier molecular flexibility index (Phi) is 8.43. The number of hydrogen-bond acceptors (Lipinski definition) is 7. The van der Waals surface area contributed by atoms with Crippen LogP contribution in [-0.2, 0) is 24.4 Å². The predicted octanol–water partition coefficient (Wildman–Crippen LogP) is 2.99. The van der Waals surface area contributed by atoms with E-state index in [1.807, 2.05) is 30.3 Å². The lowest BCUT2D eigenvalue weighted by Gasteiger charge is -2.29. The molecule has 3 heterocycles. The van der Waals surface area contributed by atoms with E-state index in [1.165, 1.54) is 6.26 Å². The first kappa shape index (κ1) is 23.4. The maximum Gasteiger partial charge on any atom is 0.273 e. The molecular weight excluding hydrogens is 442 g/mol. The van der Waals surface area contributed by atoms with Crippen molar-refractivity contribution in [2.75, 3.05) is 39.4 Å². The monoisotopic (exact) mass is 469 g/mol. The number of amides is 1. The van der Waals surface area contributed by atoms with Crippen molar-refractivity contribution in [1.82, 2.24) is 25.1 Å². The number of ether oxygens (including phenoxy) is 1. The predicted molar refractivity (Wildman–Crippen MR) is 125 cm³/mol. The van der Waals surface area contributed by atoms with E-state index in [1.54, 1.807) is 12.4 Å². The topological polar surface area (TPSA) is 83.7 Å². The Bertz CT molecular complexity index is 1020. The third-order valence-corrected chi connectivity index (χ3v) is 5.69. The molecule has 174 valence electrons. The molecule has 0 atom stereocenters. The number of pyridine rings is 1. The van der Waals surface area contributed by atoms with Gasteiger partial charge in [0.25, 0.3) is 5.91 Å². The molecule has 2 aromatic heterocycles. The summed E-state index contributed by atoms with van der Waals surface area (Å²) in [6.07, 6.45) is 4.83. The smallest absolute Gasteiger partial charge is 0.273 e. The minimum Gasteiger partial charge on any atom is -0.447 e. The third kappa shape index (κ3) is 7.36. The molecule has 8 nitrogen and oxygen atoms in total. The molecule has 1 amide bonds. The molecule has 1 fully saturated rings. The van der Waals surface area contributed by atoms with E-state index in [-0.39, 0.29) is 11.6 Å². The molecule has 0 radical (unpaired) electrons. The molecule has 4 rings (SSSR count). The summed E-state index contributed by atoms with van der Waals surface area (Å²) in [4.78, 5) is 25.6. The maximum atomic E-state index is 12.5. The van der Waals surface area contributed by atoms with Crippen LogP contribution in [0, 0.1) is 0 Å². The Hall–Kier alpha value is -2.78. The largest absolute Gasteiger partial charge is 0.447 e. The molecule has 1 saturated heterocycles. The van der Waals surface area contributed by atoms with E-state index in [9.17, 15) is 4.79 Å². The number of nitrogens with one attached hydrogen (secondary N) is 1. The second kappa shape index (κ2) is 11.9. The highest BCUT2D eigenvalue weighted by Crippen LogP contribution is 2.15. The number of hydrogen-bond donors (Lipinski definition) is 1. The molecule has 1 N–H and O–H groups in total. The van der Waals surface area contributed by atoms with E-state index in [4.69, 9.17) is 20.8 Å². The van der Waals surface area contributed by atoms with Crippen molar-refractivity contribution in [3.05, 3.63) is 82.8 Å². The molecular formula is C24H28ClN5O3. The van der Waals surface area contributed by atoms with Gasteiger partial charge in [0.05, 0.1) is 19.8 Å². The number of morpholine rings is 1. The SMILES string of the molecule is O=C(NCc1cccnc1)c1coc(CN(CCN2CCOCC2)Cc2cccc(Cl)c2)n1. The Balaban J connectivity index is 1.37. The van der Waals surface area contributed by atoms with Crippen molar-refractivity contribution in [3.8, 4) is 0 Å². The van der Waals surface area contributed by atoms with Gasteiger partial charge in [-0.05, 0) is 29.3 Å².